The molecule has 0 aliphatic rings. The molecular formula is C15H18O4. The zero-order chi connectivity index (χ0) is 14.8. The maximum Gasteiger partial charge on any atom is 0.170 e. The summed E-state index contributed by atoms with van der Waals surface area (Å²) in [7, 11) is 0. The van der Waals surface area contributed by atoms with Gasteiger partial charge in [-0.15, -0.1) is 0 Å². The van der Waals surface area contributed by atoms with E-state index in [0.717, 1.165) is 0 Å². The van der Waals surface area contributed by atoms with Gasteiger partial charge in [-0.25, -0.2) is 0 Å². The zero-order valence-corrected chi connectivity index (χ0v) is 11.4. The molecule has 0 radical (unpaired) electrons. The number of hydrogen-bond acceptors (Lipinski definition) is 4. The molecule has 0 saturated heterocycles. The fraction of sp³-hybridized carbons (Fsp3) is 0.333. The largest absolute Gasteiger partial charge is 0.300 e. The van der Waals surface area contributed by atoms with Gasteiger partial charge in [-0.2, -0.15) is 0 Å². The van der Waals surface area contributed by atoms with Gasteiger partial charge in [0.25, 0.3) is 0 Å². The summed E-state index contributed by atoms with van der Waals surface area (Å²) >= 11 is 0. The first-order valence-electron chi connectivity index (χ1n) is 5.89. The average molecular weight is 262 g/mol. The zero-order valence-electron chi connectivity index (χ0n) is 11.4. The molecule has 4 nitrogen and oxygen atoms in total. The highest BCUT2D eigenvalue weighted by molar-refractivity contribution is 6.07. The lowest BCUT2D eigenvalue weighted by Gasteiger charge is -1.95. The van der Waals surface area contributed by atoms with E-state index in [2.05, 4.69) is 0 Å². The third kappa shape index (κ3) is 9.59. The van der Waals surface area contributed by atoms with Gasteiger partial charge < -0.3 is 0 Å². The lowest BCUT2D eigenvalue weighted by molar-refractivity contribution is -0.124. The molecule has 1 rings (SSSR count). The Morgan fingerprint density at radius 3 is 1.47 bits per heavy atom. The molecule has 19 heavy (non-hydrogen) atoms. The minimum absolute atomic E-state index is 0.00398. The number of benzene rings is 1. The molecule has 0 amide bonds. The normalized spacial score (nSPS) is 9.00. The van der Waals surface area contributed by atoms with Gasteiger partial charge in [-0.3, -0.25) is 19.2 Å². The van der Waals surface area contributed by atoms with Gasteiger partial charge in [-0.1, -0.05) is 30.3 Å². The van der Waals surface area contributed by atoms with Crippen LogP contribution in [0.25, 0.3) is 0 Å². The summed E-state index contributed by atoms with van der Waals surface area (Å²) in [5.74, 6) is -0.327. The highest BCUT2D eigenvalue weighted by atomic mass is 16.2. The van der Waals surface area contributed by atoms with E-state index in [-0.39, 0.29) is 36.0 Å². The predicted molar refractivity (Wildman–Crippen MR) is 72.0 cm³/mol. The van der Waals surface area contributed by atoms with Gasteiger partial charge in [0.15, 0.2) is 5.78 Å². The van der Waals surface area contributed by atoms with E-state index in [1.807, 2.05) is 6.07 Å². The SMILES string of the molecule is CC(=O)CC(=O)c1ccccc1.CC(=O)CC(C)=O. The quantitative estimate of drug-likeness (QED) is 0.603. The summed E-state index contributed by atoms with van der Waals surface area (Å²) in [6, 6.07) is 8.84. The second-order valence-corrected chi connectivity index (χ2v) is 4.25. The summed E-state index contributed by atoms with van der Waals surface area (Å²) in [6.07, 6.45) is 0.0873. The molecular weight excluding hydrogens is 244 g/mol. The number of carbonyl (C=O) groups is 4. The van der Waals surface area contributed by atoms with Crippen LogP contribution in [0.15, 0.2) is 30.3 Å². The molecule has 0 spiro atoms. The second kappa shape index (κ2) is 8.91. The molecule has 0 aliphatic carbocycles. The molecule has 1 aromatic rings. The van der Waals surface area contributed by atoms with E-state index < -0.39 is 0 Å². The Kier molecular flexibility index (Phi) is 7.93. The van der Waals surface area contributed by atoms with Crippen LogP contribution in [-0.4, -0.2) is 23.1 Å². The van der Waals surface area contributed by atoms with Crippen LogP contribution in [0.4, 0.5) is 0 Å². The monoisotopic (exact) mass is 262 g/mol. The van der Waals surface area contributed by atoms with Gasteiger partial charge in [0.1, 0.15) is 17.3 Å². The van der Waals surface area contributed by atoms with Crippen molar-refractivity contribution in [3.05, 3.63) is 35.9 Å². The van der Waals surface area contributed by atoms with Crippen molar-refractivity contribution in [1.82, 2.24) is 0 Å². The molecule has 102 valence electrons. The van der Waals surface area contributed by atoms with Crippen LogP contribution in [0.2, 0.25) is 0 Å². The highest BCUT2D eigenvalue weighted by Gasteiger charge is 2.06. The van der Waals surface area contributed by atoms with Crippen LogP contribution < -0.4 is 0 Å². The Hall–Kier alpha value is -2.10. The van der Waals surface area contributed by atoms with E-state index in [4.69, 9.17) is 0 Å². The fourth-order valence-corrected chi connectivity index (χ4v) is 1.30. The van der Waals surface area contributed by atoms with Crippen molar-refractivity contribution in [3.8, 4) is 0 Å². The Bertz CT molecular complexity index is 448. The van der Waals surface area contributed by atoms with E-state index in [1.165, 1.54) is 20.8 Å². The van der Waals surface area contributed by atoms with Crippen LogP contribution in [0.5, 0.6) is 0 Å². The van der Waals surface area contributed by atoms with Crippen LogP contribution in [0.1, 0.15) is 44.0 Å². The molecule has 0 aliphatic heterocycles. The average Bonchev–Trinajstić information content (AvgIpc) is 2.28. The molecule has 0 N–H and O–H groups in total. The molecule has 0 bridgehead atoms. The van der Waals surface area contributed by atoms with Crippen molar-refractivity contribution < 1.29 is 19.2 Å². The van der Waals surface area contributed by atoms with Crippen LogP contribution in [-0.2, 0) is 14.4 Å². The van der Waals surface area contributed by atoms with E-state index >= 15 is 0 Å². The molecule has 0 aromatic heterocycles. The van der Waals surface area contributed by atoms with Gasteiger partial charge in [0.05, 0.1) is 12.8 Å². The first-order valence-corrected chi connectivity index (χ1v) is 5.89. The molecule has 4 heteroatoms. The molecule has 0 heterocycles. The Morgan fingerprint density at radius 2 is 1.16 bits per heavy atom. The molecule has 1 aromatic carbocycles. The van der Waals surface area contributed by atoms with Crippen molar-refractivity contribution in [1.29, 1.82) is 0 Å². The van der Waals surface area contributed by atoms with Crippen LogP contribution in [0, 0.1) is 0 Å². The van der Waals surface area contributed by atoms with Crippen molar-refractivity contribution in [2.24, 2.45) is 0 Å². The molecule has 0 saturated carbocycles. The molecule has 0 unspecified atom stereocenters. The molecule has 0 atom stereocenters. The van der Waals surface area contributed by atoms with Gasteiger partial charge in [-0.05, 0) is 20.8 Å². The van der Waals surface area contributed by atoms with Crippen molar-refractivity contribution in [2.45, 2.75) is 33.6 Å². The van der Waals surface area contributed by atoms with Gasteiger partial charge in [0.2, 0.25) is 0 Å². The summed E-state index contributed by atoms with van der Waals surface area (Å²) in [5.41, 5.74) is 0.604. The first kappa shape index (κ1) is 16.9. The minimum atomic E-state index is -0.108. The minimum Gasteiger partial charge on any atom is -0.300 e. The fourth-order valence-electron chi connectivity index (χ4n) is 1.30. The topological polar surface area (TPSA) is 68.3 Å². The summed E-state index contributed by atoms with van der Waals surface area (Å²) in [5, 5.41) is 0. The van der Waals surface area contributed by atoms with Crippen molar-refractivity contribution in [2.75, 3.05) is 0 Å². The van der Waals surface area contributed by atoms with Crippen molar-refractivity contribution in [3.63, 3.8) is 0 Å². The standard InChI is InChI=1S/C10H10O2.C5H8O2/c1-8(11)7-10(12)9-5-3-2-4-6-9;1-4(6)3-5(2)7/h2-6H,7H2,1H3;3H2,1-2H3. The first-order chi connectivity index (χ1) is 8.82. The summed E-state index contributed by atoms with van der Waals surface area (Å²) < 4.78 is 0. The maximum atomic E-state index is 11.2. The van der Waals surface area contributed by atoms with Crippen molar-refractivity contribution >= 4 is 23.1 Å². The second-order valence-electron chi connectivity index (χ2n) is 4.25. The Labute approximate surface area is 112 Å². The number of hydrogen-bond donors (Lipinski definition) is 0. The number of Topliss-reactive ketones (excluding diaryl/α,β-unsaturated/α-hetero) is 4. The van der Waals surface area contributed by atoms with E-state index in [0.29, 0.717) is 5.56 Å². The third-order valence-corrected chi connectivity index (χ3v) is 2.00. The number of carbonyl (C=O) groups excluding carboxylic acids is 4. The lowest BCUT2D eigenvalue weighted by atomic mass is 10.1. The van der Waals surface area contributed by atoms with E-state index in [9.17, 15) is 19.2 Å². The number of rotatable bonds is 5. The smallest absolute Gasteiger partial charge is 0.170 e. The maximum absolute atomic E-state index is 11.2. The van der Waals surface area contributed by atoms with Crippen LogP contribution in [0.3, 0.4) is 0 Å². The summed E-state index contributed by atoms with van der Waals surface area (Å²) in [4.78, 5) is 41.9. The summed E-state index contributed by atoms with van der Waals surface area (Å²) in [6.45, 7) is 4.23. The number of ketones is 4. The highest BCUT2D eigenvalue weighted by Crippen LogP contribution is 2.02. The molecule has 0 fully saturated rings. The van der Waals surface area contributed by atoms with Crippen LogP contribution >= 0.6 is 0 Å². The predicted octanol–water partition coefficient (Wildman–Crippen LogP) is 2.40. The van der Waals surface area contributed by atoms with E-state index in [1.54, 1.807) is 24.3 Å². The Balaban J connectivity index is 0.000000399. The third-order valence-electron chi connectivity index (χ3n) is 2.00. The van der Waals surface area contributed by atoms with Gasteiger partial charge in [0, 0.05) is 5.56 Å². The lowest BCUT2D eigenvalue weighted by Crippen LogP contribution is -2.04. The van der Waals surface area contributed by atoms with Gasteiger partial charge >= 0.3 is 0 Å². The Morgan fingerprint density at radius 1 is 0.737 bits per heavy atom.